The maximum Gasteiger partial charge on any atom is 0.272 e. The molecular formula is C18H24N6O3. The highest BCUT2D eigenvalue weighted by Gasteiger charge is 2.32. The van der Waals surface area contributed by atoms with Crippen molar-refractivity contribution in [1.29, 1.82) is 0 Å². The maximum atomic E-state index is 13.0. The molecule has 1 atom stereocenters. The summed E-state index contributed by atoms with van der Waals surface area (Å²) in [4.78, 5) is 37.5. The van der Waals surface area contributed by atoms with Gasteiger partial charge in [0.05, 0.1) is 5.69 Å². The molecule has 4 heterocycles. The topological polar surface area (TPSA) is 92.9 Å². The predicted octanol–water partition coefficient (Wildman–Crippen LogP) is 0.711. The number of fused-ring (bicyclic) bond motifs is 1. The molecule has 2 aromatic rings. The van der Waals surface area contributed by atoms with Gasteiger partial charge in [0, 0.05) is 32.8 Å². The van der Waals surface area contributed by atoms with E-state index in [-0.39, 0.29) is 23.8 Å². The lowest BCUT2D eigenvalue weighted by molar-refractivity contribution is -0.142. The molecule has 27 heavy (non-hydrogen) atoms. The van der Waals surface area contributed by atoms with E-state index in [1.54, 1.807) is 20.4 Å². The molecule has 0 bridgehead atoms. The number of rotatable bonds is 3. The molecule has 9 heteroatoms. The monoisotopic (exact) mass is 372 g/mol. The van der Waals surface area contributed by atoms with E-state index >= 15 is 0 Å². The summed E-state index contributed by atoms with van der Waals surface area (Å²) in [5.41, 5.74) is 1.27. The van der Waals surface area contributed by atoms with E-state index in [4.69, 9.17) is 4.74 Å². The third-order valence-corrected chi connectivity index (χ3v) is 5.17. The Balaban J connectivity index is 1.46. The van der Waals surface area contributed by atoms with Crippen molar-refractivity contribution in [3.8, 4) is 0 Å². The number of carbonyl (C=O) groups excluding carboxylic acids is 2. The van der Waals surface area contributed by atoms with Gasteiger partial charge < -0.3 is 14.5 Å². The fourth-order valence-corrected chi connectivity index (χ4v) is 3.62. The second-order valence-electron chi connectivity index (χ2n) is 7.31. The van der Waals surface area contributed by atoms with Crippen LogP contribution in [0.3, 0.4) is 0 Å². The van der Waals surface area contributed by atoms with Crippen LogP contribution in [0, 0.1) is 0 Å². The molecule has 2 aromatic heterocycles. The average Bonchev–Trinajstić information content (AvgIpc) is 3.37. The van der Waals surface area contributed by atoms with Crippen molar-refractivity contribution < 1.29 is 14.3 Å². The molecule has 0 aromatic carbocycles. The Kier molecular flexibility index (Phi) is 4.77. The lowest BCUT2D eigenvalue weighted by Crippen LogP contribution is -2.53. The van der Waals surface area contributed by atoms with Crippen LogP contribution in [0.2, 0.25) is 0 Å². The second kappa shape index (κ2) is 7.22. The molecular weight excluding hydrogens is 348 g/mol. The summed E-state index contributed by atoms with van der Waals surface area (Å²) >= 11 is 0. The fourth-order valence-electron chi connectivity index (χ4n) is 3.62. The lowest BCUT2D eigenvalue weighted by Gasteiger charge is -2.35. The van der Waals surface area contributed by atoms with Crippen LogP contribution in [0.5, 0.6) is 0 Å². The molecule has 144 valence electrons. The largest absolute Gasteiger partial charge is 0.368 e. The molecule has 9 nitrogen and oxygen atoms in total. The molecule has 2 aliphatic heterocycles. The number of hydrogen-bond donors (Lipinski definition) is 0. The molecule has 0 unspecified atom stereocenters. The Labute approximate surface area is 157 Å². The van der Waals surface area contributed by atoms with Crippen LogP contribution in [-0.2, 0) is 9.53 Å². The van der Waals surface area contributed by atoms with E-state index in [0.29, 0.717) is 44.3 Å². The molecule has 2 fully saturated rings. The normalized spacial score (nSPS) is 20.6. The van der Waals surface area contributed by atoms with Crippen LogP contribution in [0.1, 0.15) is 48.8 Å². The smallest absolute Gasteiger partial charge is 0.272 e. The van der Waals surface area contributed by atoms with Crippen LogP contribution in [-0.4, -0.2) is 80.1 Å². The lowest BCUT2D eigenvalue weighted by atomic mass is 10.1. The summed E-state index contributed by atoms with van der Waals surface area (Å²) in [6, 6.07) is 1.79. The molecule has 2 saturated heterocycles. The van der Waals surface area contributed by atoms with Crippen molar-refractivity contribution in [3.63, 3.8) is 0 Å². The van der Waals surface area contributed by atoms with Crippen molar-refractivity contribution in [1.82, 2.24) is 29.4 Å². The standard InChI is InChI=1S/C18H24N6O3/c1-12(2)14-10-13(21-18-19-11-20-24(14)18)16(25)22-5-7-23(8-6-22)17(26)15-4-3-9-27-15/h10-12,15H,3-9H2,1-2H3/t15-/m1/s1. The Morgan fingerprint density at radius 3 is 2.59 bits per heavy atom. The third kappa shape index (κ3) is 3.39. The summed E-state index contributed by atoms with van der Waals surface area (Å²) in [5.74, 6) is 0.526. The van der Waals surface area contributed by atoms with Gasteiger partial charge in [0.2, 0.25) is 0 Å². The minimum atomic E-state index is -0.308. The van der Waals surface area contributed by atoms with Crippen LogP contribution in [0.4, 0.5) is 0 Å². The van der Waals surface area contributed by atoms with Gasteiger partial charge in [-0.25, -0.2) is 9.50 Å². The minimum Gasteiger partial charge on any atom is -0.368 e. The number of amides is 2. The number of aromatic nitrogens is 4. The van der Waals surface area contributed by atoms with Gasteiger partial charge >= 0.3 is 0 Å². The Hall–Kier alpha value is -2.55. The van der Waals surface area contributed by atoms with E-state index < -0.39 is 0 Å². The number of piperazine rings is 1. The minimum absolute atomic E-state index is 0.0460. The summed E-state index contributed by atoms with van der Waals surface area (Å²) in [7, 11) is 0. The zero-order valence-corrected chi connectivity index (χ0v) is 15.7. The zero-order valence-electron chi connectivity index (χ0n) is 15.7. The first-order valence-electron chi connectivity index (χ1n) is 9.45. The SMILES string of the molecule is CC(C)c1cc(C(=O)N2CCN(C(=O)[C@H]3CCCO3)CC2)nc2ncnn12. The third-order valence-electron chi connectivity index (χ3n) is 5.17. The van der Waals surface area contributed by atoms with Crippen LogP contribution < -0.4 is 0 Å². The molecule has 4 rings (SSSR count). The summed E-state index contributed by atoms with van der Waals surface area (Å²) in [5, 5.41) is 4.18. The highest BCUT2D eigenvalue weighted by molar-refractivity contribution is 5.93. The van der Waals surface area contributed by atoms with Gasteiger partial charge in [0.1, 0.15) is 18.1 Å². The van der Waals surface area contributed by atoms with Gasteiger partial charge in [-0.1, -0.05) is 13.8 Å². The van der Waals surface area contributed by atoms with E-state index in [1.165, 1.54) is 6.33 Å². The Bertz CT molecular complexity index is 850. The number of nitrogens with zero attached hydrogens (tertiary/aromatic N) is 6. The van der Waals surface area contributed by atoms with E-state index in [0.717, 1.165) is 18.5 Å². The van der Waals surface area contributed by atoms with Crippen LogP contribution >= 0.6 is 0 Å². The van der Waals surface area contributed by atoms with Crippen molar-refractivity contribution in [3.05, 3.63) is 23.8 Å². The Morgan fingerprint density at radius 2 is 1.93 bits per heavy atom. The maximum absolute atomic E-state index is 13.0. The van der Waals surface area contributed by atoms with E-state index in [9.17, 15) is 9.59 Å². The molecule has 0 N–H and O–H groups in total. The van der Waals surface area contributed by atoms with E-state index in [2.05, 4.69) is 15.1 Å². The first-order chi connectivity index (χ1) is 13.0. The fraction of sp³-hybridized carbons (Fsp3) is 0.611. The highest BCUT2D eigenvalue weighted by Crippen LogP contribution is 2.19. The molecule has 0 aliphatic carbocycles. The van der Waals surface area contributed by atoms with Gasteiger partial charge in [0.25, 0.3) is 17.6 Å². The quantitative estimate of drug-likeness (QED) is 0.788. The van der Waals surface area contributed by atoms with Gasteiger partial charge in [-0.3, -0.25) is 9.59 Å². The Morgan fingerprint density at radius 1 is 1.19 bits per heavy atom. The number of carbonyl (C=O) groups is 2. The molecule has 0 saturated carbocycles. The number of hydrogen-bond acceptors (Lipinski definition) is 6. The van der Waals surface area contributed by atoms with Gasteiger partial charge in [-0.15, -0.1) is 0 Å². The molecule has 2 amide bonds. The van der Waals surface area contributed by atoms with E-state index in [1.807, 2.05) is 13.8 Å². The summed E-state index contributed by atoms with van der Waals surface area (Å²) in [6.45, 7) is 6.77. The van der Waals surface area contributed by atoms with Gasteiger partial charge in [-0.2, -0.15) is 10.1 Å². The van der Waals surface area contributed by atoms with Gasteiger partial charge in [-0.05, 0) is 24.8 Å². The van der Waals surface area contributed by atoms with Crippen LogP contribution in [0.25, 0.3) is 5.78 Å². The number of ether oxygens (including phenoxy) is 1. The first kappa shape index (κ1) is 17.8. The zero-order chi connectivity index (χ0) is 19.0. The highest BCUT2D eigenvalue weighted by atomic mass is 16.5. The van der Waals surface area contributed by atoms with Crippen molar-refractivity contribution in [2.75, 3.05) is 32.8 Å². The van der Waals surface area contributed by atoms with Crippen molar-refractivity contribution in [2.24, 2.45) is 0 Å². The molecule has 2 aliphatic rings. The van der Waals surface area contributed by atoms with Gasteiger partial charge in [0.15, 0.2) is 0 Å². The first-order valence-corrected chi connectivity index (χ1v) is 9.45. The summed E-state index contributed by atoms with van der Waals surface area (Å²) < 4.78 is 7.15. The average molecular weight is 372 g/mol. The molecule has 0 radical (unpaired) electrons. The van der Waals surface area contributed by atoms with Crippen LogP contribution in [0.15, 0.2) is 12.4 Å². The van der Waals surface area contributed by atoms with Crippen molar-refractivity contribution >= 4 is 17.6 Å². The van der Waals surface area contributed by atoms with Crippen molar-refractivity contribution in [2.45, 2.75) is 38.7 Å². The molecule has 0 spiro atoms. The second-order valence-corrected chi connectivity index (χ2v) is 7.31. The summed E-state index contributed by atoms with van der Waals surface area (Å²) in [6.07, 6.45) is 2.86. The predicted molar refractivity (Wildman–Crippen MR) is 96.3 cm³/mol.